The number of sulfonamides is 1. The molecule has 1 heterocycles. The third-order valence-corrected chi connectivity index (χ3v) is 4.98. The number of nitrogen functional groups attached to an aromatic ring is 1. The van der Waals surface area contributed by atoms with Crippen LogP contribution in [0.25, 0.3) is 0 Å². The van der Waals surface area contributed by atoms with Crippen LogP contribution in [0.1, 0.15) is 6.92 Å². The van der Waals surface area contributed by atoms with Crippen molar-refractivity contribution in [1.82, 2.24) is 4.31 Å². The number of ether oxygens (including phenoxy) is 1. The third-order valence-electron chi connectivity index (χ3n) is 2.87. The lowest BCUT2D eigenvalue weighted by Gasteiger charge is -2.32. The highest BCUT2D eigenvalue weighted by Crippen LogP contribution is 2.27. The summed E-state index contributed by atoms with van der Waals surface area (Å²) in [6, 6.07) is 3.52. The minimum atomic E-state index is -3.92. The molecule has 0 bridgehead atoms. The number of morpholine rings is 1. The molecule has 18 heavy (non-hydrogen) atoms. The lowest BCUT2D eigenvalue weighted by Crippen LogP contribution is -2.47. The molecule has 100 valence electrons. The van der Waals surface area contributed by atoms with Gasteiger partial charge in [0.25, 0.3) is 0 Å². The number of halogens is 1. The second-order valence-electron chi connectivity index (χ2n) is 4.20. The summed E-state index contributed by atoms with van der Waals surface area (Å²) in [6.07, 6.45) is 0. The number of nitrogens with two attached hydrogens (primary N) is 1. The van der Waals surface area contributed by atoms with Crippen molar-refractivity contribution >= 4 is 15.7 Å². The van der Waals surface area contributed by atoms with Crippen LogP contribution in [-0.4, -0.2) is 38.5 Å². The molecule has 2 N–H and O–H groups in total. The molecular weight excluding hydrogens is 259 g/mol. The fourth-order valence-electron chi connectivity index (χ4n) is 1.98. The van der Waals surface area contributed by atoms with Crippen LogP contribution in [0.15, 0.2) is 23.1 Å². The van der Waals surface area contributed by atoms with Gasteiger partial charge < -0.3 is 10.5 Å². The van der Waals surface area contributed by atoms with Gasteiger partial charge in [-0.2, -0.15) is 4.31 Å². The molecule has 1 aromatic rings. The summed E-state index contributed by atoms with van der Waals surface area (Å²) < 4.78 is 44.9. The van der Waals surface area contributed by atoms with Crippen LogP contribution in [-0.2, 0) is 14.8 Å². The number of rotatable bonds is 2. The standard InChI is InChI=1S/C11H15FN2O3S/c1-8-7-17-6-5-14(8)18(15,16)11-9(12)3-2-4-10(11)13/h2-4,8H,5-7,13H2,1H3. The summed E-state index contributed by atoms with van der Waals surface area (Å²) in [5, 5.41) is 0. The summed E-state index contributed by atoms with van der Waals surface area (Å²) in [5.41, 5.74) is 5.51. The maximum Gasteiger partial charge on any atom is 0.248 e. The Kier molecular flexibility index (Phi) is 3.56. The van der Waals surface area contributed by atoms with Crippen LogP contribution < -0.4 is 5.73 Å². The van der Waals surface area contributed by atoms with Crippen molar-refractivity contribution in [2.45, 2.75) is 17.9 Å². The molecule has 7 heteroatoms. The van der Waals surface area contributed by atoms with Crippen LogP contribution in [0.5, 0.6) is 0 Å². The van der Waals surface area contributed by atoms with E-state index in [9.17, 15) is 12.8 Å². The molecule has 1 aliphatic heterocycles. The molecule has 0 aromatic heterocycles. The monoisotopic (exact) mass is 274 g/mol. The number of hydrogen-bond acceptors (Lipinski definition) is 4. The van der Waals surface area contributed by atoms with Crippen LogP contribution in [0.2, 0.25) is 0 Å². The first kappa shape index (κ1) is 13.3. The van der Waals surface area contributed by atoms with E-state index >= 15 is 0 Å². The zero-order chi connectivity index (χ0) is 13.3. The van der Waals surface area contributed by atoms with E-state index in [4.69, 9.17) is 10.5 Å². The Morgan fingerprint density at radius 2 is 2.22 bits per heavy atom. The van der Waals surface area contributed by atoms with Crippen LogP contribution in [0.3, 0.4) is 0 Å². The molecule has 1 fully saturated rings. The maximum atomic E-state index is 13.7. The van der Waals surface area contributed by atoms with E-state index < -0.39 is 20.7 Å². The minimum Gasteiger partial charge on any atom is -0.398 e. The average molecular weight is 274 g/mol. The number of benzene rings is 1. The first-order valence-electron chi connectivity index (χ1n) is 5.58. The van der Waals surface area contributed by atoms with Crippen molar-refractivity contribution in [3.8, 4) is 0 Å². The zero-order valence-corrected chi connectivity index (χ0v) is 10.8. The second-order valence-corrected chi connectivity index (χ2v) is 6.03. The van der Waals surface area contributed by atoms with E-state index in [1.54, 1.807) is 6.92 Å². The Bertz CT molecular complexity index is 527. The molecule has 1 saturated heterocycles. The molecule has 5 nitrogen and oxygen atoms in total. The van der Waals surface area contributed by atoms with E-state index in [1.165, 1.54) is 16.4 Å². The Balaban J connectivity index is 2.48. The molecule has 0 radical (unpaired) electrons. The maximum absolute atomic E-state index is 13.7. The predicted octanol–water partition coefficient (Wildman–Crippen LogP) is 0.817. The van der Waals surface area contributed by atoms with Crippen LogP contribution in [0, 0.1) is 5.82 Å². The molecule has 0 aliphatic carbocycles. The number of anilines is 1. The number of nitrogens with zero attached hydrogens (tertiary/aromatic N) is 1. The summed E-state index contributed by atoms with van der Waals surface area (Å²) in [6.45, 7) is 2.52. The normalized spacial score (nSPS) is 22.0. The summed E-state index contributed by atoms with van der Waals surface area (Å²) in [7, 11) is -3.92. The van der Waals surface area contributed by atoms with Gasteiger partial charge in [-0.15, -0.1) is 0 Å². The fraction of sp³-hybridized carbons (Fsp3) is 0.455. The van der Waals surface area contributed by atoms with Crippen LogP contribution in [0.4, 0.5) is 10.1 Å². The number of hydrogen-bond donors (Lipinski definition) is 1. The second kappa shape index (κ2) is 4.83. The fourth-order valence-corrected chi connectivity index (χ4v) is 3.75. The van der Waals surface area contributed by atoms with Gasteiger partial charge in [0.05, 0.1) is 18.9 Å². The van der Waals surface area contributed by atoms with Crippen molar-refractivity contribution in [1.29, 1.82) is 0 Å². The zero-order valence-electron chi connectivity index (χ0n) is 9.97. The minimum absolute atomic E-state index is 0.0753. The summed E-state index contributed by atoms with van der Waals surface area (Å²) >= 11 is 0. The van der Waals surface area contributed by atoms with Crippen molar-refractivity contribution in [2.24, 2.45) is 0 Å². The highest BCUT2D eigenvalue weighted by Gasteiger charge is 2.34. The van der Waals surface area contributed by atoms with Gasteiger partial charge in [0, 0.05) is 12.6 Å². The summed E-state index contributed by atoms with van der Waals surface area (Å²) in [5.74, 6) is -0.825. The first-order valence-corrected chi connectivity index (χ1v) is 7.02. The molecule has 0 spiro atoms. The van der Waals surface area contributed by atoms with Gasteiger partial charge in [-0.25, -0.2) is 12.8 Å². The average Bonchev–Trinajstić information content (AvgIpc) is 2.28. The van der Waals surface area contributed by atoms with Crippen molar-refractivity contribution in [3.05, 3.63) is 24.0 Å². The lowest BCUT2D eigenvalue weighted by atomic mass is 10.3. The Labute approximate surface area is 105 Å². The van der Waals surface area contributed by atoms with Gasteiger partial charge in [0.15, 0.2) is 0 Å². The highest BCUT2D eigenvalue weighted by molar-refractivity contribution is 7.89. The lowest BCUT2D eigenvalue weighted by molar-refractivity contribution is 0.0392. The SMILES string of the molecule is CC1COCCN1S(=O)(=O)c1c(N)cccc1F. The Hall–Kier alpha value is -1.18. The Morgan fingerprint density at radius 3 is 2.83 bits per heavy atom. The van der Waals surface area contributed by atoms with Gasteiger partial charge in [0.1, 0.15) is 10.7 Å². The van der Waals surface area contributed by atoms with Crippen molar-refractivity contribution < 1.29 is 17.5 Å². The van der Waals surface area contributed by atoms with Gasteiger partial charge in [-0.05, 0) is 19.1 Å². The largest absolute Gasteiger partial charge is 0.398 e. The predicted molar refractivity (Wildman–Crippen MR) is 65.0 cm³/mol. The van der Waals surface area contributed by atoms with Crippen molar-refractivity contribution in [3.63, 3.8) is 0 Å². The van der Waals surface area contributed by atoms with Gasteiger partial charge in [-0.3, -0.25) is 0 Å². The highest BCUT2D eigenvalue weighted by atomic mass is 32.2. The molecule has 1 aliphatic rings. The smallest absolute Gasteiger partial charge is 0.248 e. The molecular formula is C11H15FN2O3S. The van der Waals surface area contributed by atoms with Crippen molar-refractivity contribution in [2.75, 3.05) is 25.5 Å². The molecule has 1 aromatic carbocycles. The molecule has 0 amide bonds. The van der Waals surface area contributed by atoms with Gasteiger partial charge in [0.2, 0.25) is 10.0 Å². The first-order chi connectivity index (χ1) is 8.44. The van der Waals surface area contributed by atoms with Crippen LogP contribution >= 0.6 is 0 Å². The third kappa shape index (κ3) is 2.21. The van der Waals surface area contributed by atoms with E-state index in [-0.39, 0.29) is 18.3 Å². The molecule has 1 unspecified atom stereocenters. The summed E-state index contributed by atoms with van der Waals surface area (Å²) in [4.78, 5) is -0.446. The van der Waals surface area contributed by atoms with Gasteiger partial charge in [-0.1, -0.05) is 6.07 Å². The van der Waals surface area contributed by atoms with E-state index in [1.807, 2.05) is 0 Å². The van der Waals surface area contributed by atoms with E-state index in [2.05, 4.69) is 0 Å². The quantitative estimate of drug-likeness (QED) is 0.810. The Morgan fingerprint density at radius 1 is 1.50 bits per heavy atom. The van der Waals surface area contributed by atoms with E-state index in [0.29, 0.717) is 13.2 Å². The molecule has 2 rings (SSSR count). The molecule has 0 saturated carbocycles. The van der Waals surface area contributed by atoms with Gasteiger partial charge >= 0.3 is 0 Å². The topological polar surface area (TPSA) is 72.6 Å². The van der Waals surface area contributed by atoms with E-state index in [0.717, 1.165) is 6.07 Å². The molecule has 1 atom stereocenters.